The standard InChI is InChI=1S/C13H22N2S/c1-12(2,3)11-15-10(9-16-11)8-13(4)6-5-7-14-13/h9,14H,5-8H2,1-4H3. The lowest BCUT2D eigenvalue weighted by molar-refractivity contribution is 0.408. The largest absolute Gasteiger partial charge is 0.311 e. The molecule has 0 saturated carbocycles. The normalized spacial score (nSPS) is 26.2. The van der Waals surface area contributed by atoms with Crippen molar-refractivity contribution in [2.45, 2.75) is 57.9 Å². The van der Waals surface area contributed by atoms with E-state index in [1.54, 1.807) is 11.3 Å². The highest BCUT2D eigenvalue weighted by atomic mass is 32.1. The monoisotopic (exact) mass is 238 g/mol. The Labute approximate surface area is 102 Å². The predicted octanol–water partition coefficient (Wildman–Crippen LogP) is 3.13. The van der Waals surface area contributed by atoms with Gasteiger partial charge in [0.2, 0.25) is 0 Å². The minimum Gasteiger partial charge on any atom is -0.311 e. The third-order valence-corrected chi connectivity index (χ3v) is 4.54. The summed E-state index contributed by atoms with van der Waals surface area (Å²) >= 11 is 1.80. The van der Waals surface area contributed by atoms with Gasteiger partial charge in [-0.3, -0.25) is 0 Å². The number of nitrogens with one attached hydrogen (secondary N) is 1. The van der Waals surface area contributed by atoms with E-state index in [2.05, 4.69) is 38.4 Å². The van der Waals surface area contributed by atoms with Gasteiger partial charge in [0.15, 0.2) is 0 Å². The molecule has 1 fully saturated rings. The third-order valence-electron chi connectivity index (χ3n) is 3.22. The maximum Gasteiger partial charge on any atom is 0.0981 e. The van der Waals surface area contributed by atoms with Gasteiger partial charge in [-0.05, 0) is 26.3 Å². The molecule has 0 bridgehead atoms. The molecular formula is C13H22N2S. The van der Waals surface area contributed by atoms with Crippen LogP contribution in [-0.4, -0.2) is 17.1 Å². The topological polar surface area (TPSA) is 24.9 Å². The van der Waals surface area contributed by atoms with E-state index in [0.29, 0.717) is 0 Å². The molecule has 0 amide bonds. The summed E-state index contributed by atoms with van der Waals surface area (Å²) in [6, 6.07) is 0. The zero-order valence-electron chi connectivity index (χ0n) is 10.8. The number of hydrogen-bond acceptors (Lipinski definition) is 3. The van der Waals surface area contributed by atoms with Crippen LogP contribution in [0, 0.1) is 0 Å². The molecule has 1 aliphatic rings. The van der Waals surface area contributed by atoms with Crippen molar-refractivity contribution in [2.75, 3.05) is 6.54 Å². The van der Waals surface area contributed by atoms with Crippen LogP contribution in [0.2, 0.25) is 0 Å². The van der Waals surface area contributed by atoms with Crippen LogP contribution in [-0.2, 0) is 11.8 Å². The lowest BCUT2D eigenvalue weighted by atomic mass is 9.94. The van der Waals surface area contributed by atoms with Crippen molar-refractivity contribution in [3.05, 3.63) is 16.1 Å². The summed E-state index contributed by atoms with van der Waals surface area (Å²) in [7, 11) is 0. The number of thiazole rings is 1. The molecule has 1 aliphatic heterocycles. The van der Waals surface area contributed by atoms with E-state index >= 15 is 0 Å². The van der Waals surface area contributed by atoms with Crippen molar-refractivity contribution in [3.63, 3.8) is 0 Å². The van der Waals surface area contributed by atoms with Crippen LogP contribution in [0.15, 0.2) is 5.38 Å². The van der Waals surface area contributed by atoms with E-state index in [-0.39, 0.29) is 11.0 Å². The highest BCUT2D eigenvalue weighted by molar-refractivity contribution is 7.09. The van der Waals surface area contributed by atoms with Gasteiger partial charge in [0.1, 0.15) is 0 Å². The molecule has 0 radical (unpaired) electrons. The fourth-order valence-electron chi connectivity index (χ4n) is 2.24. The highest BCUT2D eigenvalue weighted by Gasteiger charge is 2.29. The second kappa shape index (κ2) is 4.11. The second-order valence-electron chi connectivity index (χ2n) is 6.16. The maximum absolute atomic E-state index is 4.77. The second-order valence-corrected chi connectivity index (χ2v) is 7.02. The average molecular weight is 238 g/mol. The van der Waals surface area contributed by atoms with Gasteiger partial charge in [-0.25, -0.2) is 4.98 Å². The van der Waals surface area contributed by atoms with Crippen LogP contribution in [0.3, 0.4) is 0 Å². The molecule has 0 spiro atoms. The first-order valence-electron chi connectivity index (χ1n) is 6.09. The molecule has 3 heteroatoms. The van der Waals surface area contributed by atoms with Crippen LogP contribution < -0.4 is 5.32 Å². The van der Waals surface area contributed by atoms with Crippen LogP contribution in [0.25, 0.3) is 0 Å². The van der Waals surface area contributed by atoms with Gasteiger partial charge in [0.25, 0.3) is 0 Å². The molecule has 0 aliphatic carbocycles. The summed E-state index contributed by atoms with van der Waals surface area (Å²) in [5.41, 5.74) is 1.72. The Hall–Kier alpha value is -0.410. The van der Waals surface area contributed by atoms with Gasteiger partial charge < -0.3 is 5.32 Å². The zero-order valence-corrected chi connectivity index (χ0v) is 11.6. The van der Waals surface area contributed by atoms with Crippen molar-refractivity contribution in [3.8, 4) is 0 Å². The number of rotatable bonds is 2. The Morgan fingerprint density at radius 1 is 1.50 bits per heavy atom. The van der Waals surface area contributed by atoms with Gasteiger partial charge >= 0.3 is 0 Å². The van der Waals surface area contributed by atoms with Crippen molar-refractivity contribution < 1.29 is 0 Å². The molecule has 90 valence electrons. The van der Waals surface area contributed by atoms with Crippen molar-refractivity contribution in [1.82, 2.24) is 10.3 Å². The van der Waals surface area contributed by atoms with Crippen LogP contribution >= 0.6 is 11.3 Å². The molecule has 1 aromatic heterocycles. The van der Waals surface area contributed by atoms with Crippen molar-refractivity contribution in [1.29, 1.82) is 0 Å². The maximum atomic E-state index is 4.77. The van der Waals surface area contributed by atoms with E-state index in [0.717, 1.165) is 13.0 Å². The van der Waals surface area contributed by atoms with Crippen LogP contribution in [0.4, 0.5) is 0 Å². The summed E-state index contributed by atoms with van der Waals surface area (Å²) in [4.78, 5) is 4.77. The average Bonchev–Trinajstić information content (AvgIpc) is 2.74. The fraction of sp³-hybridized carbons (Fsp3) is 0.769. The first-order valence-corrected chi connectivity index (χ1v) is 6.97. The van der Waals surface area contributed by atoms with Crippen molar-refractivity contribution in [2.24, 2.45) is 0 Å². The van der Waals surface area contributed by atoms with Crippen LogP contribution in [0.5, 0.6) is 0 Å². The molecule has 1 unspecified atom stereocenters. The Morgan fingerprint density at radius 3 is 2.75 bits per heavy atom. The Kier molecular flexibility index (Phi) is 3.10. The van der Waals surface area contributed by atoms with E-state index in [1.807, 2.05) is 0 Å². The van der Waals surface area contributed by atoms with Gasteiger partial charge in [-0.15, -0.1) is 11.3 Å². The first-order chi connectivity index (χ1) is 7.39. The SMILES string of the molecule is CC1(Cc2csc(C(C)(C)C)n2)CCCN1. The molecule has 1 saturated heterocycles. The number of aromatic nitrogens is 1. The lowest BCUT2D eigenvalue weighted by Gasteiger charge is -2.23. The molecule has 16 heavy (non-hydrogen) atoms. The molecule has 1 aromatic rings. The fourth-order valence-corrected chi connectivity index (χ4v) is 3.15. The van der Waals surface area contributed by atoms with Crippen LogP contribution in [0.1, 0.15) is 51.2 Å². The molecule has 0 aromatic carbocycles. The number of nitrogens with zero attached hydrogens (tertiary/aromatic N) is 1. The molecule has 2 rings (SSSR count). The Balaban J connectivity index is 2.08. The zero-order chi connectivity index (χ0) is 11.8. The number of hydrogen-bond donors (Lipinski definition) is 1. The highest BCUT2D eigenvalue weighted by Crippen LogP contribution is 2.28. The predicted molar refractivity (Wildman–Crippen MR) is 70.2 cm³/mol. The lowest BCUT2D eigenvalue weighted by Crippen LogP contribution is -2.38. The molecule has 1 atom stereocenters. The van der Waals surface area contributed by atoms with E-state index < -0.39 is 0 Å². The molecule has 1 N–H and O–H groups in total. The minimum absolute atomic E-state index is 0.187. The van der Waals surface area contributed by atoms with E-state index in [1.165, 1.54) is 23.5 Å². The summed E-state index contributed by atoms with van der Waals surface area (Å²) in [6.07, 6.45) is 3.64. The Bertz CT molecular complexity index is 356. The summed E-state index contributed by atoms with van der Waals surface area (Å²) < 4.78 is 0. The van der Waals surface area contributed by atoms with Gasteiger partial charge in [0.05, 0.1) is 10.7 Å². The molecular weight excluding hydrogens is 216 g/mol. The van der Waals surface area contributed by atoms with E-state index in [4.69, 9.17) is 4.98 Å². The van der Waals surface area contributed by atoms with Gasteiger partial charge in [-0.1, -0.05) is 20.8 Å². The molecule has 2 nitrogen and oxygen atoms in total. The molecule has 2 heterocycles. The van der Waals surface area contributed by atoms with Gasteiger partial charge in [0, 0.05) is 22.8 Å². The smallest absolute Gasteiger partial charge is 0.0981 e. The van der Waals surface area contributed by atoms with Gasteiger partial charge in [-0.2, -0.15) is 0 Å². The summed E-state index contributed by atoms with van der Waals surface area (Å²) in [5, 5.41) is 7.08. The Morgan fingerprint density at radius 2 is 2.25 bits per heavy atom. The minimum atomic E-state index is 0.187. The summed E-state index contributed by atoms with van der Waals surface area (Å²) in [5.74, 6) is 0. The third kappa shape index (κ3) is 2.64. The van der Waals surface area contributed by atoms with Crippen molar-refractivity contribution >= 4 is 11.3 Å². The summed E-state index contributed by atoms with van der Waals surface area (Å²) in [6.45, 7) is 10.2. The van der Waals surface area contributed by atoms with E-state index in [9.17, 15) is 0 Å². The quantitative estimate of drug-likeness (QED) is 0.856. The first kappa shape index (κ1) is 12.1.